The summed E-state index contributed by atoms with van der Waals surface area (Å²) in [7, 11) is -8.11. The molecule has 0 fully saturated rings. The number of benzene rings is 1. The highest BCUT2D eigenvalue weighted by Crippen LogP contribution is 2.16. The molecule has 5 N–H and O–H groups in total. The molecule has 230 valence electrons. The van der Waals surface area contributed by atoms with E-state index in [1.165, 1.54) is 12.1 Å². The minimum Gasteiger partial charge on any atom is -0.481 e. The predicted octanol–water partition coefficient (Wildman–Crippen LogP) is 1.51. The highest BCUT2D eigenvalue weighted by atomic mass is 35.5. The van der Waals surface area contributed by atoms with Gasteiger partial charge in [0.05, 0.1) is 10.9 Å². The third kappa shape index (κ3) is 12.6. The molecule has 41 heavy (non-hydrogen) atoms. The smallest absolute Gasteiger partial charge is 0.303 e. The van der Waals surface area contributed by atoms with Crippen LogP contribution in [0.1, 0.15) is 51.5 Å². The molecule has 16 heteroatoms. The number of carboxylic acids is 2. The van der Waals surface area contributed by atoms with E-state index in [2.05, 4.69) is 15.4 Å². The van der Waals surface area contributed by atoms with Gasteiger partial charge in [-0.1, -0.05) is 49.6 Å². The molecule has 2 amide bonds. The maximum Gasteiger partial charge on any atom is 0.303 e. The third-order valence-electron chi connectivity index (χ3n) is 6.07. The molecule has 0 bridgehead atoms. The van der Waals surface area contributed by atoms with Gasteiger partial charge in [0, 0.05) is 19.1 Å². The summed E-state index contributed by atoms with van der Waals surface area (Å²) in [4.78, 5) is 48.7. The molecular formula is C25H36ClN3O10S2. The number of carbonyl (C=O) groups excluding carboxylic acids is 2. The number of rotatable bonds is 17. The first-order valence-corrected chi connectivity index (χ1v) is 16.3. The Balaban J connectivity index is 3.29. The molecule has 0 aliphatic rings. The molecule has 1 unspecified atom stereocenters. The first kappa shape index (κ1) is 36.0. The van der Waals surface area contributed by atoms with Gasteiger partial charge in [0.2, 0.25) is 21.8 Å². The molecule has 4 atom stereocenters. The summed E-state index contributed by atoms with van der Waals surface area (Å²) in [5, 5.41) is 23.1. The topological polar surface area (TPSA) is 213 Å². The van der Waals surface area contributed by atoms with Crippen molar-refractivity contribution in [2.24, 2.45) is 5.92 Å². The summed E-state index contributed by atoms with van der Waals surface area (Å²) in [5.41, 5.74) is 0.792. The lowest BCUT2D eigenvalue weighted by Gasteiger charge is -2.28. The molecule has 0 aromatic heterocycles. The molecule has 13 nitrogen and oxygen atoms in total. The van der Waals surface area contributed by atoms with Crippen LogP contribution in [0, 0.1) is 12.8 Å². The fourth-order valence-electron chi connectivity index (χ4n) is 3.47. The van der Waals surface area contributed by atoms with Gasteiger partial charge in [-0.3, -0.25) is 19.2 Å². The fourth-order valence-corrected chi connectivity index (χ4v) is 5.26. The van der Waals surface area contributed by atoms with Crippen molar-refractivity contribution in [3.05, 3.63) is 40.3 Å². The van der Waals surface area contributed by atoms with Gasteiger partial charge in [0.1, 0.15) is 16.4 Å². The first-order chi connectivity index (χ1) is 18.9. The molecule has 1 aromatic rings. The molecular weight excluding hydrogens is 602 g/mol. The van der Waals surface area contributed by atoms with Gasteiger partial charge in [0.25, 0.3) is 0 Å². The van der Waals surface area contributed by atoms with Gasteiger partial charge in [-0.25, -0.2) is 16.8 Å². The zero-order valence-corrected chi connectivity index (χ0v) is 25.5. The Labute approximate surface area is 244 Å². The molecule has 0 aliphatic carbocycles. The Hall–Kier alpha value is -3.01. The van der Waals surface area contributed by atoms with Crippen molar-refractivity contribution >= 4 is 55.2 Å². The molecule has 0 radical (unpaired) electrons. The molecule has 0 saturated heterocycles. The quantitative estimate of drug-likeness (QED) is 0.166. The molecule has 0 aliphatic heterocycles. The maximum absolute atomic E-state index is 13.3. The minimum absolute atomic E-state index is 0.150. The van der Waals surface area contributed by atoms with Crippen molar-refractivity contribution in [3.63, 3.8) is 0 Å². The van der Waals surface area contributed by atoms with Crippen LogP contribution < -0.4 is 15.4 Å². The summed E-state index contributed by atoms with van der Waals surface area (Å²) in [6.45, 7) is 5.10. The summed E-state index contributed by atoms with van der Waals surface area (Å²) in [6.07, 6.45) is 0.555. The van der Waals surface area contributed by atoms with Crippen LogP contribution in [0.4, 0.5) is 0 Å². The second-order valence-electron chi connectivity index (χ2n) is 9.58. The van der Waals surface area contributed by atoms with E-state index in [1.54, 1.807) is 32.9 Å². The molecule has 0 saturated carbocycles. The van der Waals surface area contributed by atoms with Crippen LogP contribution >= 0.6 is 11.6 Å². The number of hydrogen-bond acceptors (Lipinski definition) is 8. The van der Waals surface area contributed by atoms with Crippen molar-refractivity contribution in [2.45, 2.75) is 75.9 Å². The SMILES string of the molecule is CCC(C)[C@H](NC(=O)[C@H](CCC(=O)O)NS(=O)(=O)c1ccc(C)cc1)C(=O)N[C@H](/C=C(\Cl)S(C)(=O)=O)CCC(=O)O. The Kier molecular flexibility index (Phi) is 13.9. The zero-order valence-electron chi connectivity index (χ0n) is 23.1. The first-order valence-electron chi connectivity index (χ1n) is 12.6. The number of aryl methyl sites for hydroxylation is 1. The summed E-state index contributed by atoms with van der Waals surface area (Å²) in [5.74, 6) is -4.78. The van der Waals surface area contributed by atoms with Gasteiger partial charge >= 0.3 is 11.9 Å². The third-order valence-corrected chi connectivity index (χ3v) is 9.37. The number of amides is 2. The highest BCUT2D eigenvalue weighted by molar-refractivity contribution is 7.96. The van der Waals surface area contributed by atoms with Crippen molar-refractivity contribution in [1.29, 1.82) is 0 Å². The zero-order chi connectivity index (χ0) is 31.5. The average molecular weight is 638 g/mol. The fraction of sp³-hybridized carbons (Fsp3) is 0.520. The van der Waals surface area contributed by atoms with Gasteiger partial charge in [-0.15, -0.1) is 0 Å². The minimum atomic E-state index is -4.25. The number of carboxylic acid groups (broad SMARTS) is 2. The lowest BCUT2D eigenvalue weighted by atomic mass is 9.97. The number of sulfonamides is 1. The van der Waals surface area contributed by atoms with Crippen molar-refractivity contribution in [3.8, 4) is 0 Å². The summed E-state index contributed by atoms with van der Waals surface area (Å²) >= 11 is 5.82. The lowest BCUT2D eigenvalue weighted by molar-refractivity contribution is -0.138. The van der Waals surface area contributed by atoms with Crippen LogP contribution in [0.25, 0.3) is 0 Å². The monoisotopic (exact) mass is 637 g/mol. The maximum atomic E-state index is 13.3. The summed E-state index contributed by atoms with van der Waals surface area (Å²) < 4.78 is 51.0. The number of halogens is 1. The highest BCUT2D eigenvalue weighted by Gasteiger charge is 2.32. The van der Waals surface area contributed by atoms with E-state index in [1.807, 2.05) is 0 Å². The van der Waals surface area contributed by atoms with Crippen molar-refractivity contribution in [2.75, 3.05) is 6.26 Å². The lowest BCUT2D eigenvalue weighted by Crippen LogP contribution is -2.56. The van der Waals surface area contributed by atoms with Gasteiger partial charge in [-0.2, -0.15) is 4.72 Å². The molecule has 0 heterocycles. The number of hydrogen-bond donors (Lipinski definition) is 5. The Morgan fingerprint density at radius 2 is 1.46 bits per heavy atom. The van der Waals surface area contributed by atoms with Crippen LogP contribution in [0.3, 0.4) is 0 Å². The van der Waals surface area contributed by atoms with Crippen LogP contribution in [-0.2, 0) is 39.0 Å². The Morgan fingerprint density at radius 1 is 0.927 bits per heavy atom. The van der Waals surface area contributed by atoms with E-state index < -0.39 is 91.3 Å². The van der Waals surface area contributed by atoms with Crippen molar-refractivity contribution in [1.82, 2.24) is 15.4 Å². The average Bonchev–Trinajstić information content (AvgIpc) is 2.86. The van der Waals surface area contributed by atoms with Crippen LogP contribution in [-0.4, -0.2) is 75.2 Å². The van der Waals surface area contributed by atoms with Gasteiger partial charge in [-0.05, 0) is 43.9 Å². The van der Waals surface area contributed by atoms with E-state index in [0.29, 0.717) is 6.42 Å². The number of nitrogens with one attached hydrogen (secondary N) is 3. The Morgan fingerprint density at radius 3 is 1.95 bits per heavy atom. The standard InChI is InChI=1S/C25H36ClN3O10S2/c1-5-16(3)23(25(35)27-17(8-12-21(30)31)14-20(26)40(4,36)37)28-24(34)19(11-13-22(32)33)29-41(38,39)18-9-6-15(2)7-10-18/h6-7,9-10,14,16-17,19,23,29H,5,8,11-13H2,1-4H3,(H,27,35)(H,28,34)(H,30,31)(H,32,33)/b20-14+/t16?,17-,19-,23-/m0/s1. The van der Waals surface area contributed by atoms with Crippen LogP contribution in [0.2, 0.25) is 0 Å². The van der Waals surface area contributed by atoms with Gasteiger partial charge < -0.3 is 20.8 Å². The number of aliphatic carboxylic acids is 2. The van der Waals surface area contributed by atoms with Crippen LogP contribution in [0.15, 0.2) is 39.6 Å². The van der Waals surface area contributed by atoms with Gasteiger partial charge in [0.15, 0.2) is 9.84 Å². The number of sulfone groups is 1. The van der Waals surface area contributed by atoms with Crippen LogP contribution in [0.5, 0.6) is 0 Å². The van der Waals surface area contributed by atoms with E-state index in [9.17, 15) is 36.0 Å². The largest absolute Gasteiger partial charge is 0.481 e. The van der Waals surface area contributed by atoms with E-state index in [-0.39, 0.29) is 11.3 Å². The van der Waals surface area contributed by atoms with E-state index in [0.717, 1.165) is 17.9 Å². The second kappa shape index (κ2) is 15.8. The van der Waals surface area contributed by atoms with Crippen molar-refractivity contribution < 1.29 is 46.2 Å². The van der Waals surface area contributed by atoms with E-state index >= 15 is 0 Å². The molecule has 1 rings (SSSR count). The molecule has 0 spiro atoms. The number of carbonyl (C=O) groups is 4. The normalized spacial score (nSPS) is 15.3. The second-order valence-corrected chi connectivity index (χ2v) is 13.9. The van der Waals surface area contributed by atoms with E-state index in [4.69, 9.17) is 21.8 Å². The molecule has 1 aromatic carbocycles. The summed E-state index contributed by atoms with van der Waals surface area (Å²) in [6, 6.07) is 1.79. The predicted molar refractivity (Wildman–Crippen MR) is 151 cm³/mol. The Bertz CT molecular complexity index is 1350.